The van der Waals surface area contributed by atoms with Crippen molar-refractivity contribution in [2.45, 2.75) is 6.92 Å². The molecule has 0 aromatic heterocycles. The first-order valence-corrected chi connectivity index (χ1v) is 9.14. The molecule has 0 radical (unpaired) electrons. The van der Waals surface area contributed by atoms with E-state index in [0.29, 0.717) is 8.95 Å². The second-order valence-corrected chi connectivity index (χ2v) is 6.85. The van der Waals surface area contributed by atoms with Crippen molar-refractivity contribution in [1.29, 1.82) is 0 Å². The Bertz CT molecular complexity index is 886. The van der Waals surface area contributed by atoms with Crippen LogP contribution in [0, 0.1) is 12.4 Å². The van der Waals surface area contributed by atoms with Crippen LogP contribution >= 0.6 is 43.5 Å². The quantitative estimate of drug-likeness (QED) is 0.262. The number of nitrogens with zero attached hydrogens (tertiary/aromatic N) is 1. The number of carbonyl (C=O) groups is 1. The summed E-state index contributed by atoms with van der Waals surface area (Å²) in [6, 6.07) is 5.68. The van der Waals surface area contributed by atoms with Crippen molar-refractivity contribution in [1.82, 2.24) is 0 Å². The smallest absolute Gasteiger partial charge is 0.344 e. The number of ether oxygens (including phenoxy) is 3. The second kappa shape index (κ2) is 9.21. The first kappa shape index (κ1) is 20.5. The van der Waals surface area contributed by atoms with Gasteiger partial charge in [0.1, 0.15) is 5.75 Å². The predicted molar refractivity (Wildman–Crippen MR) is 102 cm³/mol. The molecule has 2 aromatic carbocycles. The minimum absolute atomic E-state index is 0.178. The highest BCUT2D eigenvalue weighted by atomic mass is 79.9. The van der Waals surface area contributed by atoms with Crippen LogP contribution in [0.3, 0.4) is 0 Å². The van der Waals surface area contributed by atoms with Crippen LogP contribution < -0.4 is 9.47 Å². The van der Waals surface area contributed by atoms with Gasteiger partial charge in [0.2, 0.25) is 5.82 Å². The largest absolute Gasteiger partial charge is 0.479 e. The maximum absolute atomic E-state index is 14.8. The van der Waals surface area contributed by atoms with Crippen LogP contribution in [-0.4, -0.2) is 19.2 Å². The SMILES string of the molecule is [C-]#[N+]c1cc(Cl)cc(Oc2c(F)c(OCC(=O)OCC)cc(Br)c2Br)c1. The minimum atomic E-state index is -0.825. The lowest BCUT2D eigenvalue weighted by atomic mass is 10.3. The summed E-state index contributed by atoms with van der Waals surface area (Å²) in [4.78, 5) is 14.7. The number of halogens is 4. The van der Waals surface area contributed by atoms with Crippen LogP contribution in [0.5, 0.6) is 17.2 Å². The van der Waals surface area contributed by atoms with Gasteiger partial charge in [-0.1, -0.05) is 11.6 Å². The molecular weight excluding hydrogens is 496 g/mol. The van der Waals surface area contributed by atoms with Gasteiger partial charge in [0.15, 0.2) is 23.8 Å². The van der Waals surface area contributed by atoms with E-state index in [1.165, 1.54) is 24.3 Å². The summed E-state index contributed by atoms with van der Waals surface area (Å²) < 4.78 is 31.0. The maximum Gasteiger partial charge on any atom is 0.344 e. The molecule has 0 heterocycles. The fourth-order valence-corrected chi connectivity index (χ4v) is 2.86. The Kier molecular flexibility index (Phi) is 7.26. The van der Waals surface area contributed by atoms with E-state index in [9.17, 15) is 9.18 Å². The van der Waals surface area contributed by atoms with Gasteiger partial charge in [-0.3, -0.25) is 0 Å². The molecule has 26 heavy (non-hydrogen) atoms. The van der Waals surface area contributed by atoms with E-state index in [4.69, 9.17) is 32.4 Å². The van der Waals surface area contributed by atoms with Crippen LogP contribution in [0.15, 0.2) is 33.2 Å². The zero-order valence-corrected chi connectivity index (χ0v) is 17.2. The van der Waals surface area contributed by atoms with E-state index in [2.05, 4.69) is 36.7 Å². The van der Waals surface area contributed by atoms with E-state index in [-0.39, 0.29) is 34.6 Å². The molecule has 2 aromatic rings. The van der Waals surface area contributed by atoms with E-state index < -0.39 is 18.4 Å². The summed E-state index contributed by atoms with van der Waals surface area (Å²) in [5.74, 6) is -1.65. The normalized spacial score (nSPS) is 10.2. The number of carbonyl (C=O) groups excluding carboxylic acids is 1. The molecule has 0 aliphatic carbocycles. The van der Waals surface area contributed by atoms with Crippen molar-refractivity contribution < 1.29 is 23.4 Å². The lowest BCUT2D eigenvalue weighted by molar-refractivity contribution is -0.145. The van der Waals surface area contributed by atoms with Gasteiger partial charge in [-0.2, -0.15) is 4.39 Å². The monoisotopic (exact) mass is 505 g/mol. The lowest BCUT2D eigenvalue weighted by Crippen LogP contribution is -2.15. The van der Waals surface area contributed by atoms with Gasteiger partial charge in [-0.25, -0.2) is 9.64 Å². The van der Waals surface area contributed by atoms with Gasteiger partial charge in [0, 0.05) is 9.50 Å². The summed E-state index contributed by atoms with van der Waals surface area (Å²) >= 11 is 12.4. The van der Waals surface area contributed by atoms with Gasteiger partial charge in [0.05, 0.1) is 17.7 Å². The van der Waals surface area contributed by atoms with Crippen molar-refractivity contribution in [2.75, 3.05) is 13.2 Å². The molecule has 136 valence electrons. The molecule has 5 nitrogen and oxygen atoms in total. The van der Waals surface area contributed by atoms with Gasteiger partial charge < -0.3 is 14.2 Å². The van der Waals surface area contributed by atoms with Gasteiger partial charge in [-0.05, 0) is 63.0 Å². The van der Waals surface area contributed by atoms with Gasteiger partial charge in [-0.15, -0.1) is 0 Å². The molecule has 0 spiro atoms. The Morgan fingerprint density at radius 2 is 2.04 bits per heavy atom. The Labute approximate surface area is 171 Å². The highest BCUT2D eigenvalue weighted by molar-refractivity contribution is 9.13. The van der Waals surface area contributed by atoms with Crippen molar-refractivity contribution in [2.24, 2.45) is 0 Å². The number of hydrogen-bond acceptors (Lipinski definition) is 4. The number of esters is 1. The van der Waals surface area contributed by atoms with E-state index in [1.54, 1.807) is 6.92 Å². The molecule has 0 N–H and O–H groups in total. The predicted octanol–water partition coefficient (Wildman–Crippen LogP) is 6.29. The zero-order chi connectivity index (χ0) is 19.3. The average Bonchev–Trinajstić information content (AvgIpc) is 2.60. The zero-order valence-electron chi connectivity index (χ0n) is 13.3. The summed E-state index contributed by atoms with van der Waals surface area (Å²) in [5, 5.41) is 0.277. The highest BCUT2D eigenvalue weighted by Gasteiger charge is 2.20. The molecule has 0 saturated carbocycles. The van der Waals surface area contributed by atoms with E-state index in [0.717, 1.165) is 0 Å². The molecule has 0 atom stereocenters. The second-order valence-electron chi connectivity index (χ2n) is 4.77. The van der Waals surface area contributed by atoms with Crippen LogP contribution in [0.25, 0.3) is 4.85 Å². The van der Waals surface area contributed by atoms with E-state index in [1.807, 2.05) is 0 Å². The van der Waals surface area contributed by atoms with Crippen LogP contribution in [-0.2, 0) is 9.53 Å². The summed E-state index contributed by atoms with van der Waals surface area (Å²) in [5.41, 5.74) is 0.248. The van der Waals surface area contributed by atoms with Gasteiger partial charge in [0.25, 0.3) is 0 Å². The molecule has 0 saturated heterocycles. The lowest BCUT2D eigenvalue weighted by Gasteiger charge is -2.14. The number of rotatable bonds is 6. The Morgan fingerprint density at radius 3 is 2.69 bits per heavy atom. The van der Waals surface area contributed by atoms with Crippen molar-refractivity contribution >= 4 is 55.1 Å². The summed E-state index contributed by atoms with van der Waals surface area (Å²) in [6.07, 6.45) is 0. The van der Waals surface area contributed by atoms with Crippen molar-refractivity contribution in [3.63, 3.8) is 0 Å². The molecule has 0 aliphatic heterocycles. The minimum Gasteiger partial charge on any atom is -0.479 e. The molecule has 0 bridgehead atoms. The molecule has 0 aliphatic rings. The standard InChI is InChI=1S/C17H11Br2ClFNO4/c1-3-24-14(23)8-25-13-7-12(18)15(19)17(16(13)21)26-11-5-9(20)4-10(6-11)22-2/h4-7H,3,8H2,1H3. The average molecular weight is 508 g/mol. The number of hydrogen-bond donors (Lipinski definition) is 0. The van der Waals surface area contributed by atoms with Crippen LogP contribution in [0.1, 0.15) is 6.92 Å². The molecule has 9 heteroatoms. The highest BCUT2D eigenvalue weighted by Crippen LogP contribution is 2.43. The Balaban J connectivity index is 2.35. The fourth-order valence-electron chi connectivity index (χ4n) is 1.88. The fraction of sp³-hybridized carbons (Fsp3) is 0.176. The third-order valence-electron chi connectivity index (χ3n) is 2.94. The van der Waals surface area contributed by atoms with Gasteiger partial charge >= 0.3 is 5.97 Å². The van der Waals surface area contributed by atoms with Crippen LogP contribution in [0.4, 0.5) is 10.1 Å². The molecule has 0 fully saturated rings. The third kappa shape index (κ3) is 5.10. The molecular formula is C17H11Br2ClFNO4. The summed E-state index contributed by atoms with van der Waals surface area (Å²) in [6.45, 7) is 8.46. The summed E-state index contributed by atoms with van der Waals surface area (Å²) in [7, 11) is 0. The molecule has 2 rings (SSSR count). The molecule has 0 amide bonds. The number of benzene rings is 2. The Morgan fingerprint density at radius 1 is 1.31 bits per heavy atom. The third-order valence-corrected chi connectivity index (χ3v) is 5.10. The van der Waals surface area contributed by atoms with Crippen LogP contribution in [0.2, 0.25) is 5.02 Å². The first-order valence-electron chi connectivity index (χ1n) is 7.17. The first-order chi connectivity index (χ1) is 12.3. The molecule has 0 unspecified atom stereocenters. The van der Waals surface area contributed by atoms with Crippen molar-refractivity contribution in [3.8, 4) is 17.2 Å². The topological polar surface area (TPSA) is 49.1 Å². The van der Waals surface area contributed by atoms with E-state index >= 15 is 0 Å². The van der Waals surface area contributed by atoms with Crippen molar-refractivity contribution in [3.05, 3.63) is 55.5 Å². The Hall–Kier alpha value is -1.82. The maximum atomic E-state index is 14.8.